The fraction of sp³-hybridized carbons (Fsp3) is 0.931. The van der Waals surface area contributed by atoms with E-state index in [0.717, 1.165) is 19.3 Å². The molecule has 206 valence electrons. The lowest BCUT2D eigenvalue weighted by Crippen LogP contribution is -2.41. The van der Waals surface area contributed by atoms with Crippen LogP contribution in [0.15, 0.2) is 0 Å². The molecule has 6 nitrogen and oxygen atoms in total. The van der Waals surface area contributed by atoms with Gasteiger partial charge in [-0.2, -0.15) is 0 Å². The van der Waals surface area contributed by atoms with Crippen molar-refractivity contribution >= 4 is 11.9 Å². The van der Waals surface area contributed by atoms with E-state index in [1.54, 1.807) is 0 Å². The largest absolute Gasteiger partial charge is 0.466 e. The van der Waals surface area contributed by atoms with Gasteiger partial charge in [0, 0.05) is 12.8 Å². The summed E-state index contributed by atoms with van der Waals surface area (Å²) >= 11 is 0. The molecule has 1 heterocycles. The van der Waals surface area contributed by atoms with Gasteiger partial charge in [0.05, 0.1) is 25.2 Å². The Hall–Kier alpha value is -1.14. The average molecular weight is 499 g/mol. The summed E-state index contributed by atoms with van der Waals surface area (Å²) in [7, 11) is 0. The van der Waals surface area contributed by atoms with Gasteiger partial charge in [-0.25, -0.2) is 0 Å². The minimum atomic E-state index is -0.279. The third-order valence-corrected chi connectivity index (χ3v) is 7.05. The number of carbonyl (C=O) groups excluding carboxylic acids is 2. The van der Waals surface area contributed by atoms with E-state index >= 15 is 0 Å². The van der Waals surface area contributed by atoms with Gasteiger partial charge in [0.1, 0.15) is 13.4 Å². The molecule has 0 unspecified atom stereocenters. The molecule has 0 aromatic carbocycles. The van der Waals surface area contributed by atoms with Crippen molar-refractivity contribution in [2.45, 2.75) is 136 Å². The molecule has 6 heteroatoms. The fourth-order valence-corrected chi connectivity index (χ4v) is 4.42. The Balaban J connectivity index is 1.83. The molecule has 0 spiro atoms. The van der Waals surface area contributed by atoms with E-state index in [0.29, 0.717) is 39.6 Å². The highest BCUT2D eigenvalue weighted by Gasteiger charge is 2.33. The second kappa shape index (κ2) is 22.1. The molecule has 0 N–H and O–H groups in total. The lowest BCUT2D eigenvalue weighted by Gasteiger charge is -2.35. The second-order valence-corrected chi connectivity index (χ2v) is 10.4. The van der Waals surface area contributed by atoms with Gasteiger partial charge in [-0.15, -0.1) is 0 Å². The Morgan fingerprint density at radius 1 is 0.629 bits per heavy atom. The summed E-state index contributed by atoms with van der Waals surface area (Å²) < 4.78 is 21.4. The normalized spacial score (nSPS) is 15.1. The van der Waals surface area contributed by atoms with E-state index < -0.39 is 0 Å². The van der Waals surface area contributed by atoms with E-state index in [1.807, 2.05) is 6.92 Å². The van der Waals surface area contributed by atoms with Gasteiger partial charge in [0.15, 0.2) is 0 Å². The molecule has 0 amide bonds. The minimum Gasteiger partial charge on any atom is -0.466 e. The third kappa shape index (κ3) is 17.9. The van der Waals surface area contributed by atoms with Gasteiger partial charge in [0.2, 0.25) is 0 Å². The molecular weight excluding hydrogens is 444 g/mol. The number of carbonyl (C=O) groups is 2. The molecule has 1 rings (SSSR count). The number of rotatable bonds is 23. The molecule has 1 aliphatic heterocycles. The van der Waals surface area contributed by atoms with E-state index in [9.17, 15) is 9.59 Å². The van der Waals surface area contributed by atoms with E-state index in [2.05, 4.69) is 6.92 Å². The molecule has 0 aromatic heterocycles. The molecule has 1 saturated heterocycles. The summed E-state index contributed by atoms with van der Waals surface area (Å²) in [5.74, 6) is -0.499. The van der Waals surface area contributed by atoms with Crippen molar-refractivity contribution in [3.05, 3.63) is 0 Å². The molecule has 0 atom stereocenters. The first-order chi connectivity index (χ1) is 17.1. The van der Waals surface area contributed by atoms with Crippen LogP contribution >= 0.6 is 0 Å². The first-order valence-corrected chi connectivity index (χ1v) is 14.6. The molecule has 0 bridgehead atoms. The summed E-state index contributed by atoms with van der Waals surface area (Å²) in [5, 5.41) is 0. The molecular formula is C29H54O6. The SMILES string of the molecule is CCCCCCCCCCCCCCCCCOC(=O)CCCC(=O)OCC1(CC)COCOC1. The maximum absolute atomic E-state index is 12.0. The predicted octanol–water partition coefficient (Wildman–Crippen LogP) is 7.52. The highest BCUT2D eigenvalue weighted by Crippen LogP contribution is 2.26. The average Bonchev–Trinajstić information content (AvgIpc) is 2.88. The Kier molecular flexibility index (Phi) is 20.1. The number of esters is 2. The summed E-state index contributed by atoms with van der Waals surface area (Å²) in [6.07, 6.45) is 21.6. The Morgan fingerprint density at radius 2 is 1.09 bits per heavy atom. The van der Waals surface area contributed by atoms with Crippen LogP contribution in [0.25, 0.3) is 0 Å². The van der Waals surface area contributed by atoms with Crippen molar-refractivity contribution in [1.29, 1.82) is 0 Å². The lowest BCUT2D eigenvalue weighted by molar-refractivity contribution is -0.187. The van der Waals surface area contributed by atoms with E-state index in [4.69, 9.17) is 18.9 Å². The van der Waals surface area contributed by atoms with Crippen LogP contribution < -0.4 is 0 Å². The van der Waals surface area contributed by atoms with Crippen LogP contribution in [0.5, 0.6) is 0 Å². The van der Waals surface area contributed by atoms with Gasteiger partial charge < -0.3 is 18.9 Å². The van der Waals surface area contributed by atoms with Crippen molar-refractivity contribution in [3.63, 3.8) is 0 Å². The number of ether oxygens (including phenoxy) is 4. The van der Waals surface area contributed by atoms with Crippen molar-refractivity contribution < 1.29 is 28.5 Å². The van der Waals surface area contributed by atoms with Crippen molar-refractivity contribution in [2.75, 3.05) is 33.2 Å². The highest BCUT2D eigenvalue weighted by atomic mass is 16.7. The van der Waals surface area contributed by atoms with Crippen LogP contribution in [0.3, 0.4) is 0 Å². The van der Waals surface area contributed by atoms with Crippen LogP contribution in [0.2, 0.25) is 0 Å². The summed E-state index contributed by atoms with van der Waals surface area (Å²) in [6, 6.07) is 0. The van der Waals surface area contributed by atoms with Crippen molar-refractivity contribution in [3.8, 4) is 0 Å². The number of unbranched alkanes of at least 4 members (excludes halogenated alkanes) is 14. The van der Waals surface area contributed by atoms with E-state index in [-0.39, 0.29) is 30.2 Å². The smallest absolute Gasteiger partial charge is 0.305 e. The molecule has 1 fully saturated rings. The van der Waals surface area contributed by atoms with Gasteiger partial charge >= 0.3 is 11.9 Å². The Bertz CT molecular complexity index is 515. The summed E-state index contributed by atoms with van der Waals surface area (Å²) in [6.45, 7) is 6.49. The molecule has 0 aliphatic carbocycles. The number of hydrogen-bond donors (Lipinski definition) is 0. The van der Waals surface area contributed by atoms with Gasteiger partial charge in [0.25, 0.3) is 0 Å². The second-order valence-electron chi connectivity index (χ2n) is 10.4. The minimum absolute atomic E-state index is 0.220. The Morgan fingerprint density at radius 3 is 1.57 bits per heavy atom. The van der Waals surface area contributed by atoms with Gasteiger partial charge in [-0.05, 0) is 19.3 Å². The maximum Gasteiger partial charge on any atom is 0.305 e. The van der Waals surface area contributed by atoms with Crippen molar-refractivity contribution in [1.82, 2.24) is 0 Å². The van der Waals surface area contributed by atoms with Crippen LogP contribution in [0.4, 0.5) is 0 Å². The van der Waals surface area contributed by atoms with Gasteiger partial charge in [-0.1, -0.05) is 104 Å². The zero-order valence-corrected chi connectivity index (χ0v) is 22.9. The monoisotopic (exact) mass is 498 g/mol. The fourth-order valence-electron chi connectivity index (χ4n) is 4.42. The van der Waals surface area contributed by atoms with Crippen LogP contribution in [-0.2, 0) is 28.5 Å². The maximum atomic E-state index is 12.0. The molecule has 0 aromatic rings. The first kappa shape index (κ1) is 31.9. The zero-order chi connectivity index (χ0) is 25.5. The Labute approximate surface area is 215 Å². The standard InChI is InChI=1S/C29H54O6/c1-3-5-6-7-8-9-10-11-12-13-14-15-16-17-18-22-34-27(30)20-19-21-28(31)35-25-29(4-2)23-32-26-33-24-29/h3-26H2,1-2H3. The molecule has 0 saturated carbocycles. The molecule has 1 aliphatic rings. The summed E-state index contributed by atoms with van der Waals surface area (Å²) in [5.41, 5.74) is -0.250. The predicted molar refractivity (Wildman–Crippen MR) is 140 cm³/mol. The highest BCUT2D eigenvalue weighted by molar-refractivity contribution is 5.72. The quantitative estimate of drug-likeness (QED) is 0.107. The topological polar surface area (TPSA) is 71.1 Å². The third-order valence-electron chi connectivity index (χ3n) is 7.05. The van der Waals surface area contributed by atoms with Crippen molar-refractivity contribution in [2.24, 2.45) is 5.41 Å². The number of hydrogen-bond acceptors (Lipinski definition) is 6. The first-order valence-electron chi connectivity index (χ1n) is 14.6. The lowest BCUT2D eigenvalue weighted by atomic mass is 9.87. The van der Waals surface area contributed by atoms with Crippen LogP contribution in [0, 0.1) is 5.41 Å². The molecule has 35 heavy (non-hydrogen) atoms. The summed E-state index contributed by atoms with van der Waals surface area (Å²) in [4.78, 5) is 23.9. The van der Waals surface area contributed by atoms with E-state index in [1.165, 1.54) is 83.5 Å². The van der Waals surface area contributed by atoms with Crippen LogP contribution in [-0.4, -0.2) is 45.2 Å². The van der Waals surface area contributed by atoms with Gasteiger partial charge in [-0.3, -0.25) is 9.59 Å². The molecule has 0 radical (unpaired) electrons. The van der Waals surface area contributed by atoms with Crippen LogP contribution in [0.1, 0.15) is 136 Å². The zero-order valence-electron chi connectivity index (χ0n) is 22.9.